The van der Waals surface area contributed by atoms with Gasteiger partial charge in [-0.3, -0.25) is 9.59 Å². The summed E-state index contributed by atoms with van der Waals surface area (Å²) in [6.07, 6.45) is 2.84. The van der Waals surface area contributed by atoms with Crippen LogP contribution in [0.2, 0.25) is 0 Å². The molecule has 1 N–H and O–H groups in total. The van der Waals surface area contributed by atoms with Crippen molar-refractivity contribution < 1.29 is 4.79 Å². The maximum atomic E-state index is 12.1. The lowest BCUT2D eigenvalue weighted by Crippen LogP contribution is -2.31. The Morgan fingerprint density at radius 1 is 1.36 bits per heavy atom. The first-order valence-electron chi connectivity index (χ1n) is 6.68. The SMILES string of the molecule is CN(Cc1nc2ccccc2c(=O)[nH]1)C(=O)Cn1cncn1. The fourth-order valence-electron chi connectivity index (χ4n) is 2.10. The van der Waals surface area contributed by atoms with E-state index in [0.717, 1.165) is 0 Å². The smallest absolute Gasteiger partial charge is 0.258 e. The lowest BCUT2D eigenvalue weighted by Gasteiger charge is -2.16. The molecule has 112 valence electrons. The number of rotatable bonds is 4. The molecule has 0 unspecified atom stereocenters. The van der Waals surface area contributed by atoms with Gasteiger partial charge < -0.3 is 9.88 Å². The lowest BCUT2D eigenvalue weighted by molar-refractivity contribution is -0.131. The van der Waals surface area contributed by atoms with Crippen LogP contribution >= 0.6 is 0 Å². The number of benzene rings is 1. The third-order valence-corrected chi connectivity index (χ3v) is 3.24. The van der Waals surface area contributed by atoms with Crippen molar-refractivity contribution in [2.24, 2.45) is 0 Å². The largest absolute Gasteiger partial charge is 0.337 e. The quantitative estimate of drug-likeness (QED) is 0.740. The molecule has 2 heterocycles. The zero-order valence-corrected chi connectivity index (χ0v) is 11.9. The third-order valence-electron chi connectivity index (χ3n) is 3.24. The lowest BCUT2D eigenvalue weighted by atomic mass is 10.2. The van der Waals surface area contributed by atoms with Crippen molar-refractivity contribution in [1.29, 1.82) is 0 Å². The number of likely N-dealkylation sites (N-methyl/N-ethyl adjacent to an activating group) is 1. The van der Waals surface area contributed by atoms with Crippen molar-refractivity contribution in [3.8, 4) is 0 Å². The highest BCUT2D eigenvalue weighted by atomic mass is 16.2. The third kappa shape index (κ3) is 2.85. The molecule has 22 heavy (non-hydrogen) atoms. The number of fused-ring (bicyclic) bond motifs is 1. The number of carbonyl (C=O) groups excluding carboxylic acids is 1. The second-order valence-electron chi connectivity index (χ2n) is 4.87. The van der Waals surface area contributed by atoms with E-state index in [2.05, 4.69) is 20.1 Å². The molecule has 8 heteroatoms. The molecule has 0 aliphatic heterocycles. The van der Waals surface area contributed by atoms with Crippen molar-refractivity contribution in [3.63, 3.8) is 0 Å². The van der Waals surface area contributed by atoms with E-state index in [1.807, 2.05) is 6.07 Å². The molecule has 0 atom stereocenters. The Balaban J connectivity index is 1.77. The summed E-state index contributed by atoms with van der Waals surface area (Å²) in [5, 5.41) is 4.42. The van der Waals surface area contributed by atoms with Crippen LogP contribution in [0.15, 0.2) is 41.7 Å². The molecule has 0 radical (unpaired) electrons. The number of para-hydroxylation sites is 1. The average molecular weight is 298 g/mol. The van der Waals surface area contributed by atoms with Gasteiger partial charge in [-0.1, -0.05) is 12.1 Å². The molecule has 3 rings (SSSR count). The summed E-state index contributed by atoms with van der Waals surface area (Å²) < 4.78 is 1.44. The van der Waals surface area contributed by atoms with E-state index >= 15 is 0 Å². The Morgan fingerprint density at radius 2 is 2.18 bits per heavy atom. The fraction of sp³-hybridized carbons (Fsp3) is 0.214. The topological polar surface area (TPSA) is 96.8 Å². The summed E-state index contributed by atoms with van der Waals surface area (Å²) in [4.78, 5) is 36.4. The number of carbonyl (C=O) groups is 1. The Morgan fingerprint density at radius 3 is 2.95 bits per heavy atom. The molecule has 3 aromatic rings. The monoisotopic (exact) mass is 298 g/mol. The van der Waals surface area contributed by atoms with Crippen LogP contribution in [0.3, 0.4) is 0 Å². The molecule has 0 spiro atoms. The maximum Gasteiger partial charge on any atom is 0.258 e. The van der Waals surface area contributed by atoms with E-state index in [9.17, 15) is 9.59 Å². The highest BCUT2D eigenvalue weighted by Gasteiger charge is 2.12. The van der Waals surface area contributed by atoms with E-state index in [4.69, 9.17) is 0 Å². The van der Waals surface area contributed by atoms with Crippen LogP contribution in [-0.4, -0.2) is 42.6 Å². The van der Waals surface area contributed by atoms with Gasteiger partial charge in [0.25, 0.3) is 5.56 Å². The van der Waals surface area contributed by atoms with E-state index < -0.39 is 0 Å². The van der Waals surface area contributed by atoms with Crippen LogP contribution in [0.1, 0.15) is 5.82 Å². The number of aromatic amines is 1. The molecule has 1 aromatic carbocycles. The summed E-state index contributed by atoms with van der Waals surface area (Å²) in [5.41, 5.74) is 0.399. The molecule has 2 aromatic heterocycles. The average Bonchev–Trinajstić information content (AvgIpc) is 3.00. The van der Waals surface area contributed by atoms with Gasteiger partial charge in [-0.05, 0) is 12.1 Å². The first-order valence-corrected chi connectivity index (χ1v) is 6.68. The van der Waals surface area contributed by atoms with E-state index in [1.165, 1.54) is 22.2 Å². The molecular weight excluding hydrogens is 284 g/mol. The first-order chi connectivity index (χ1) is 10.6. The van der Waals surface area contributed by atoms with Gasteiger partial charge in [-0.15, -0.1) is 0 Å². The zero-order chi connectivity index (χ0) is 15.5. The number of nitrogens with zero attached hydrogens (tertiary/aromatic N) is 5. The molecule has 0 bridgehead atoms. The second-order valence-corrected chi connectivity index (χ2v) is 4.87. The van der Waals surface area contributed by atoms with Gasteiger partial charge in [0.05, 0.1) is 17.4 Å². The molecule has 0 saturated heterocycles. The van der Waals surface area contributed by atoms with Gasteiger partial charge in [-0.2, -0.15) is 5.10 Å². The molecule has 0 fully saturated rings. The number of nitrogens with one attached hydrogen (secondary N) is 1. The minimum absolute atomic E-state index is 0.0916. The van der Waals surface area contributed by atoms with Crippen molar-refractivity contribution in [2.75, 3.05) is 7.05 Å². The van der Waals surface area contributed by atoms with Crippen LogP contribution in [0.4, 0.5) is 0 Å². The summed E-state index contributed by atoms with van der Waals surface area (Å²) in [6.45, 7) is 0.307. The van der Waals surface area contributed by atoms with Crippen LogP contribution in [-0.2, 0) is 17.9 Å². The summed E-state index contributed by atoms with van der Waals surface area (Å²) in [6, 6.07) is 7.08. The fourth-order valence-corrected chi connectivity index (χ4v) is 2.10. The van der Waals surface area contributed by atoms with Gasteiger partial charge >= 0.3 is 0 Å². The van der Waals surface area contributed by atoms with E-state index in [0.29, 0.717) is 16.7 Å². The number of hydrogen-bond donors (Lipinski definition) is 1. The number of H-pyrrole nitrogens is 1. The standard InChI is InChI=1S/C14H14N6O2/c1-19(13(21)7-20-9-15-8-16-20)6-12-17-11-5-3-2-4-10(11)14(22)18-12/h2-5,8-9H,6-7H2,1H3,(H,17,18,22). The van der Waals surface area contributed by atoms with E-state index in [-0.39, 0.29) is 24.6 Å². The summed E-state index contributed by atoms with van der Waals surface area (Å²) in [7, 11) is 1.65. The minimum atomic E-state index is -0.210. The van der Waals surface area contributed by atoms with E-state index in [1.54, 1.807) is 25.2 Å². The van der Waals surface area contributed by atoms with Gasteiger partial charge in [0.15, 0.2) is 0 Å². The summed E-state index contributed by atoms with van der Waals surface area (Å²) >= 11 is 0. The highest BCUT2D eigenvalue weighted by molar-refractivity contribution is 5.77. The van der Waals surface area contributed by atoms with Gasteiger partial charge in [0.1, 0.15) is 25.0 Å². The molecule has 0 aliphatic rings. The molecule has 0 aliphatic carbocycles. The van der Waals surface area contributed by atoms with Crippen molar-refractivity contribution in [3.05, 3.63) is 53.1 Å². The van der Waals surface area contributed by atoms with Crippen molar-refractivity contribution in [2.45, 2.75) is 13.1 Å². The number of amides is 1. The highest BCUT2D eigenvalue weighted by Crippen LogP contribution is 2.06. The maximum absolute atomic E-state index is 12.1. The van der Waals surface area contributed by atoms with Gasteiger partial charge in [0.2, 0.25) is 5.91 Å². The Kier molecular flexibility index (Phi) is 3.65. The molecule has 8 nitrogen and oxygen atoms in total. The van der Waals surface area contributed by atoms with Crippen LogP contribution in [0, 0.1) is 0 Å². The van der Waals surface area contributed by atoms with Crippen molar-refractivity contribution in [1.82, 2.24) is 29.6 Å². The van der Waals surface area contributed by atoms with Crippen molar-refractivity contribution >= 4 is 16.8 Å². The number of aromatic nitrogens is 5. The van der Waals surface area contributed by atoms with Crippen LogP contribution in [0.5, 0.6) is 0 Å². The first kappa shape index (κ1) is 13.9. The Bertz CT molecular complexity index is 855. The van der Waals surface area contributed by atoms with Crippen LogP contribution < -0.4 is 5.56 Å². The molecule has 0 saturated carbocycles. The molecule has 1 amide bonds. The van der Waals surface area contributed by atoms with Crippen LogP contribution in [0.25, 0.3) is 10.9 Å². The predicted octanol–water partition coefficient (Wildman–Crippen LogP) is 0.173. The second kappa shape index (κ2) is 5.76. The number of hydrogen-bond acceptors (Lipinski definition) is 5. The normalized spacial score (nSPS) is 10.8. The molecular formula is C14H14N6O2. The zero-order valence-electron chi connectivity index (χ0n) is 11.9. The Labute approximate surface area is 125 Å². The van der Waals surface area contributed by atoms with Gasteiger partial charge in [0, 0.05) is 7.05 Å². The Hall–Kier alpha value is -3.03. The van der Waals surface area contributed by atoms with Gasteiger partial charge in [-0.25, -0.2) is 14.6 Å². The summed E-state index contributed by atoms with van der Waals surface area (Å²) in [5.74, 6) is 0.291. The predicted molar refractivity (Wildman–Crippen MR) is 78.9 cm³/mol. The minimum Gasteiger partial charge on any atom is -0.337 e.